The standard InChI is InChI=1S/C14H16N4O2S/c1-8(2)14-18-17-11(21-14)7-16-13(20)10-5-3-4-9(6-10)12(15)19/h3-6,8H,7H2,1-2H3,(H2,15,19)(H,16,20). The average molecular weight is 304 g/mol. The van der Waals surface area contributed by atoms with E-state index in [9.17, 15) is 9.59 Å². The summed E-state index contributed by atoms with van der Waals surface area (Å²) in [7, 11) is 0. The van der Waals surface area contributed by atoms with E-state index in [2.05, 4.69) is 15.5 Å². The number of aromatic nitrogens is 2. The first-order chi connectivity index (χ1) is 9.97. The van der Waals surface area contributed by atoms with Crippen LogP contribution in [0.1, 0.15) is 50.5 Å². The molecule has 0 saturated heterocycles. The van der Waals surface area contributed by atoms with Crippen molar-refractivity contribution in [3.63, 3.8) is 0 Å². The van der Waals surface area contributed by atoms with Gasteiger partial charge in [0, 0.05) is 17.0 Å². The Bertz CT molecular complexity index is 666. The van der Waals surface area contributed by atoms with E-state index in [0.717, 1.165) is 10.0 Å². The number of hydrogen-bond donors (Lipinski definition) is 2. The molecule has 2 rings (SSSR count). The number of benzene rings is 1. The van der Waals surface area contributed by atoms with Crippen LogP contribution in [0.4, 0.5) is 0 Å². The van der Waals surface area contributed by atoms with E-state index < -0.39 is 5.91 Å². The fraction of sp³-hybridized carbons (Fsp3) is 0.286. The van der Waals surface area contributed by atoms with Gasteiger partial charge in [-0.25, -0.2) is 0 Å². The molecule has 21 heavy (non-hydrogen) atoms. The Morgan fingerprint density at radius 2 is 2.00 bits per heavy atom. The van der Waals surface area contributed by atoms with E-state index in [-0.39, 0.29) is 5.91 Å². The lowest BCUT2D eigenvalue weighted by Gasteiger charge is -2.04. The highest BCUT2D eigenvalue weighted by Gasteiger charge is 2.11. The molecule has 110 valence electrons. The van der Waals surface area contributed by atoms with Crippen LogP contribution >= 0.6 is 11.3 Å². The minimum absolute atomic E-state index is 0.278. The van der Waals surface area contributed by atoms with Gasteiger partial charge in [-0.05, 0) is 18.2 Å². The molecular weight excluding hydrogens is 288 g/mol. The largest absolute Gasteiger partial charge is 0.366 e. The van der Waals surface area contributed by atoms with Gasteiger partial charge in [0.1, 0.15) is 10.0 Å². The van der Waals surface area contributed by atoms with Crippen LogP contribution in [0.3, 0.4) is 0 Å². The Morgan fingerprint density at radius 1 is 1.29 bits per heavy atom. The third-order valence-electron chi connectivity index (χ3n) is 2.79. The molecule has 0 aliphatic rings. The highest BCUT2D eigenvalue weighted by Crippen LogP contribution is 2.18. The van der Waals surface area contributed by atoms with Crippen molar-refractivity contribution in [2.24, 2.45) is 5.73 Å². The van der Waals surface area contributed by atoms with Gasteiger partial charge in [0.25, 0.3) is 5.91 Å². The van der Waals surface area contributed by atoms with Crippen molar-refractivity contribution in [2.75, 3.05) is 0 Å². The number of rotatable bonds is 5. The quantitative estimate of drug-likeness (QED) is 0.878. The number of nitrogens with zero attached hydrogens (tertiary/aromatic N) is 2. The molecule has 0 radical (unpaired) electrons. The number of amides is 2. The molecule has 1 aromatic carbocycles. The van der Waals surface area contributed by atoms with Crippen LogP contribution in [-0.2, 0) is 6.54 Å². The zero-order valence-electron chi connectivity index (χ0n) is 11.8. The summed E-state index contributed by atoms with van der Waals surface area (Å²) in [5.74, 6) is -0.519. The minimum atomic E-state index is -0.560. The molecule has 0 saturated carbocycles. The molecule has 0 atom stereocenters. The second-order valence-electron chi connectivity index (χ2n) is 4.82. The Balaban J connectivity index is 2.01. The van der Waals surface area contributed by atoms with E-state index in [1.54, 1.807) is 18.2 Å². The van der Waals surface area contributed by atoms with Crippen LogP contribution in [0.25, 0.3) is 0 Å². The maximum atomic E-state index is 12.0. The van der Waals surface area contributed by atoms with E-state index >= 15 is 0 Å². The molecule has 6 nitrogen and oxygen atoms in total. The third-order valence-corrected chi connectivity index (χ3v) is 4.01. The van der Waals surface area contributed by atoms with Crippen molar-refractivity contribution in [1.29, 1.82) is 0 Å². The minimum Gasteiger partial charge on any atom is -0.366 e. The van der Waals surface area contributed by atoms with Gasteiger partial charge in [0.15, 0.2) is 0 Å². The summed E-state index contributed by atoms with van der Waals surface area (Å²) >= 11 is 1.48. The van der Waals surface area contributed by atoms with Crippen LogP contribution in [0, 0.1) is 0 Å². The van der Waals surface area contributed by atoms with Crippen LogP contribution in [0.15, 0.2) is 24.3 Å². The van der Waals surface area contributed by atoms with E-state index in [1.807, 2.05) is 13.8 Å². The van der Waals surface area contributed by atoms with Crippen molar-refractivity contribution >= 4 is 23.2 Å². The van der Waals surface area contributed by atoms with E-state index in [4.69, 9.17) is 5.73 Å². The average Bonchev–Trinajstić information content (AvgIpc) is 2.94. The summed E-state index contributed by atoms with van der Waals surface area (Å²) in [6.45, 7) is 4.39. The number of nitrogens with two attached hydrogens (primary N) is 1. The lowest BCUT2D eigenvalue weighted by molar-refractivity contribution is 0.0951. The SMILES string of the molecule is CC(C)c1nnc(CNC(=O)c2cccc(C(N)=O)c2)s1. The predicted molar refractivity (Wildman–Crippen MR) is 80.1 cm³/mol. The zero-order valence-corrected chi connectivity index (χ0v) is 12.6. The number of carbonyl (C=O) groups excluding carboxylic acids is 2. The zero-order chi connectivity index (χ0) is 15.4. The lowest BCUT2D eigenvalue weighted by atomic mass is 10.1. The second kappa shape index (κ2) is 6.45. The molecule has 0 aliphatic carbocycles. The fourth-order valence-corrected chi connectivity index (χ4v) is 2.43. The maximum absolute atomic E-state index is 12.0. The van der Waals surface area contributed by atoms with Gasteiger partial charge in [0.2, 0.25) is 5.91 Å². The lowest BCUT2D eigenvalue weighted by Crippen LogP contribution is -2.23. The molecule has 0 bridgehead atoms. The van der Waals surface area contributed by atoms with Crippen LogP contribution < -0.4 is 11.1 Å². The normalized spacial score (nSPS) is 10.6. The number of nitrogens with one attached hydrogen (secondary N) is 1. The van der Waals surface area contributed by atoms with Crippen LogP contribution in [0.5, 0.6) is 0 Å². The van der Waals surface area contributed by atoms with Gasteiger partial charge >= 0.3 is 0 Å². The van der Waals surface area contributed by atoms with Crippen molar-refractivity contribution in [1.82, 2.24) is 15.5 Å². The topological polar surface area (TPSA) is 98.0 Å². The molecule has 2 amide bonds. The summed E-state index contributed by atoms with van der Waals surface area (Å²) in [6, 6.07) is 6.29. The van der Waals surface area contributed by atoms with Crippen molar-refractivity contribution in [3.05, 3.63) is 45.4 Å². The molecule has 3 N–H and O–H groups in total. The van der Waals surface area contributed by atoms with Crippen molar-refractivity contribution < 1.29 is 9.59 Å². The number of carbonyl (C=O) groups is 2. The van der Waals surface area contributed by atoms with Gasteiger partial charge in [-0.2, -0.15) is 0 Å². The monoisotopic (exact) mass is 304 g/mol. The van der Waals surface area contributed by atoms with E-state index in [0.29, 0.717) is 23.6 Å². The van der Waals surface area contributed by atoms with Gasteiger partial charge in [0.05, 0.1) is 6.54 Å². The Kier molecular flexibility index (Phi) is 4.64. The number of primary amides is 1. The first-order valence-electron chi connectivity index (χ1n) is 6.47. The Hall–Kier alpha value is -2.28. The first kappa shape index (κ1) is 15.1. The van der Waals surface area contributed by atoms with Crippen molar-refractivity contribution in [2.45, 2.75) is 26.3 Å². The molecule has 0 aliphatic heterocycles. The highest BCUT2D eigenvalue weighted by atomic mass is 32.1. The van der Waals surface area contributed by atoms with Crippen LogP contribution in [-0.4, -0.2) is 22.0 Å². The summed E-state index contributed by atoms with van der Waals surface area (Å²) in [5.41, 5.74) is 5.89. The molecule has 0 unspecified atom stereocenters. The smallest absolute Gasteiger partial charge is 0.251 e. The van der Waals surface area contributed by atoms with Gasteiger partial charge in [-0.3, -0.25) is 9.59 Å². The third kappa shape index (κ3) is 3.85. The molecule has 0 spiro atoms. The van der Waals surface area contributed by atoms with E-state index in [1.165, 1.54) is 17.4 Å². The maximum Gasteiger partial charge on any atom is 0.251 e. The van der Waals surface area contributed by atoms with Gasteiger partial charge in [-0.1, -0.05) is 31.3 Å². The van der Waals surface area contributed by atoms with Gasteiger partial charge in [-0.15, -0.1) is 10.2 Å². The molecular formula is C14H16N4O2S. The summed E-state index contributed by atoms with van der Waals surface area (Å²) in [4.78, 5) is 23.1. The highest BCUT2D eigenvalue weighted by molar-refractivity contribution is 7.11. The molecule has 1 heterocycles. The predicted octanol–water partition coefficient (Wildman–Crippen LogP) is 1.69. The number of hydrogen-bond acceptors (Lipinski definition) is 5. The van der Waals surface area contributed by atoms with Crippen molar-refractivity contribution in [3.8, 4) is 0 Å². The Morgan fingerprint density at radius 3 is 2.62 bits per heavy atom. The molecule has 2 aromatic rings. The second-order valence-corrected chi connectivity index (χ2v) is 5.91. The molecule has 1 aromatic heterocycles. The summed E-state index contributed by atoms with van der Waals surface area (Å²) in [6.07, 6.45) is 0. The molecule has 7 heteroatoms. The van der Waals surface area contributed by atoms with Gasteiger partial charge < -0.3 is 11.1 Å². The first-order valence-corrected chi connectivity index (χ1v) is 7.29. The molecule has 0 fully saturated rings. The van der Waals surface area contributed by atoms with Crippen LogP contribution in [0.2, 0.25) is 0 Å². The fourth-order valence-electron chi connectivity index (χ4n) is 1.64. The summed E-state index contributed by atoms with van der Waals surface area (Å²) in [5, 5.41) is 12.5. The summed E-state index contributed by atoms with van der Waals surface area (Å²) < 4.78 is 0. The Labute approximate surface area is 126 Å².